The lowest BCUT2D eigenvalue weighted by Gasteiger charge is -2.12. The van der Waals surface area contributed by atoms with Crippen molar-refractivity contribution in [1.29, 1.82) is 0 Å². The first-order valence-electron chi connectivity index (χ1n) is 7.10. The highest BCUT2D eigenvalue weighted by Gasteiger charge is 2.12. The third-order valence-electron chi connectivity index (χ3n) is 3.59. The van der Waals surface area contributed by atoms with Gasteiger partial charge in [-0.25, -0.2) is 0 Å². The number of nitrogens with zero attached hydrogens (tertiary/aromatic N) is 2. The van der Waals surface area contributed by atoms with Gasteiger partial charge in [0.2, 0.25) is 0 Å². The summed E-state index contributed by atoms with van der Waals surface area (Å²) < 4.78 is 7.70. The molecule has 0 aliphatic carbocycles. The molecule has 0 saturated heterocycles. The van der Waals surface area contributed by atoms with Gasteiger partial charge in [-0.15, -0.1) is 0 Å². The van der Waals surface area contributed by atoms with E-state index in [1.165, 1.54) is 11.3 Å². The molecule has 2 aromatic rings. The summed E-state index contributed by atoms with van der Waals surface area (Å²) in [5.74, 6) is 0.882. The third kappa shape index (κ3) is 2.79. The molecule has 0 radical (unpaired) electrons. The van der Waals surface area contributed by atoms with Crippen LogP contribution in [0.15, 0.2) is 18.2 Å². The van der Waals surface area contributed by atoms with E-state index < -0.39 is 0 Å². The van der Waals surface area contributed by atoms with E-state index in [4.69, 9.17) is 10.5 Å². The molecule has 0 unspecified atom stereocenters. The molecule has 2 N–H and O–H groups in total. The molecule has 4 nitrogen and oxygen atoms in total. The molecule has 0 fully saturated rings. The first kappa shape index (κ1) is 14.4. The second-order valence-corrected chi connectivity index (χ2v) is 4.96. The van der Waals surface area contributed by atoms with Gasteiger partial charge in [-0.05, 0) is 51.0 Å². The van der Waals surface area contributed by atoms with Gasteiger partial charge >= 0.3 is 0 Å². The Balaban J connectivity index is 2.36. The SMILES string of the molecule is CCOc1ccc(N)cc1Cn1nc(C)c(CC)c1C. The molecule has 108 valence electrons. The number of aromatic nitrogens is 2. The van der Waals surface area contributed by atoms with E-state index in [0.717, 1.165) is 29.1 Å². The van der Waals surface area contributed by atoms with Crippen molar-refractivity contribution in [2.24, 2.45) is 0 Å². The Labute approximate surface area is 120 Å². The summed E-state index contributed by atoms with van der Waals surface area (Å²) in [4.78, 5) is 0. The highest BCUT2D eigenvalue weighted by atomic mass is 16.5. The molecule has 20 heavy (non-hydrogen) atoms. The minimum Gasteiger partial charge on any atom is -0.494 e. The lowest BCUT2D eigenvalue weighted by molar-refractivity contribution is 0.335. The van der Waals surface area contributed by atoms with Crippen molar-refractivity contribution in [3.05, 3.63) is 40.7 Å². The van der Waals surface area contributed by atoms with Crippen molar-refractivity contribution in [3.63, 3.8) is 0 Å². The maximum Gasteiger partial charge on any atom is 0.124 e. The molecular weight excluding hydrogens is 250 g/mol. The molecule has 2 rings (SSSR count). The summed E-state index contributed by atoms with van der Waals surface area (Å²) in [6.07, 6.45) is 1.01. The van der Waals surface area contributed by atoms with Gasteiger partial charge in [0.25, 0.3) is 0 Å². The number of aryl methyl sites for hydroxylation is 1. The fourth-order valence-corrected chi connectivity index (χ4v) is 2.58. The van der Waals surface area contributed by atoms with Gasteiger partial charge < -0.3 is 10.5 Å². The number of hydrogen-bond donors (Lipinski definition) is 1. The lowest BCUT2D eigenvalue weighted by atomic mass is 10.1. The quantitative estimate of drug-likeness (QED) is 0.852. The van der Waals surface area contributed by atoms with Crippen molar-refractivity contribution in [1.82, 2.24) is 9.78 Å². The van der Waals surface area contributed by atoms with E-state index in [9.17, 15) is 0 Å². The highest BCUT2D eigenvalue weighted by molar-refractivity contribution is 5.48. The van der Waals surface area contributed by atoms with E-state index in [1.54, 1.807) is 0 Å². The lowest BCUT2D eigenvalue weighted by Crippen LogP contribution is -2.07. The summed E-state index contributed by atoms with van der Waals surface area (Å²) in [6, 6.07) is 5.76. The van der Waals surface area contributed by atoms with Gasteiger partial charge in [-0.3, -0.25) is 4.68 Å². The highest BCUT2D eigenvalue weighted by Crippen LogP contribution is 2.24. The van der Waals surface area contributed by atoms with E-state index in [0.29, 0.717) is 13.2 Å². The van der Waals surface area contributed by atoms with Gasteiger partial charge in [0.1, 0.15) is 5.75 Å². The fourth-order valence-electron chi connectivity index (χ4n) is 2.58. The zero-order valence-electron chi connectivity index (χ0n) is 12.7. The minimum absolute atomic E-state index is 0.647. The van der Waals surface area contributed by atoms with Crippen LogP contribution in [0.1, 0.15) is 36.4 Å². The molecule has 0 atom stereocenters. The second kappa shape index (κ2) is 5.99. The van der Waals surface area contributed by atoms with Crippen molar-refractivity contribution in [2.75, 3.05) is 12.3 Å². The van der Waals surface area contributed by atoms with Crippen LogP contribution in [0.25, 0.3) is 0 Å². The molecule has 0 bridgehead atoms. The van der Waals surface area contributed by atoms with E-state index in [2.05, 4.69) is 25.9 Å². The Bertz CT molecular complexity index is 602. The number of nitrogens with two attached hydrogens (primary N) is 1. The monoisotopic (exact) mass is 273 g/mol. The zero-order chi connectivity index (χ0) is 14.7. The van der Waals surface area contributed by atoms with Crippen molar-refractivity contribution in [2.45, 2.75) is 40.7 Å². The Morgan fingerprint density at radius 2 is 2.00 bits per heavy atom. The van der Waals surface area contributed by atoms with Crippen molar-refractivity contribution >= 4 is 5.69 Å². The van der Waals surface area contributed by atoms with Crippen LogP contribution in [0, 0.1) is 13.8 Å². The first-order chi connectivity index (χ1) is 9.56. The Kier molecular flexibility index (Phi) is 4.32. The maximum atomic E-state index is 5.89. The van der Waals surface area contributed by atoms with E-state index in [1.807, 2.05) is 29.8 Å². The van der Waals surface area contributed by atoms with Crippen LogP contribution in [-0.4, -0.2) is 16.4 Å². The number of ether oxygens (including phenoxy) is 1. The van der Waals surface area contributed by atoms with Crippen LogP contribution in [-0.2, 0) is 13.0 Å². The van der Waals surface area contributed by atoms with Gasteiger partial charge in [0, 0.05) is 16.9 Å². The maximum absolute atomic E-state index is 5.89. The second-order valence-electron chi connectivity index (χ2n) is 4.96. The topological polar surface area (TPSA) is 53.1 Å². The Morgan fingerprint density at radius 3 is 2.60 bits per heavy atom. The Morgan fingerprint density at radius 1 is 1.25 bits per heavy atom. The fraction of sp³-hybridized carbons (Fsp3) is 0.438. The van der Waals surface area contributed by atoms with Crippen LogP contribution in [0.3, 0.4) is 0 Å². The van der Waals surface area contributed by atoms with E-state index in [-0.39, 0.29) is 0 Å². The summed E-state index contributed by atoms with van der Waals surface area (Å²) in [6.45, 7) is 9.66. The van der Waals surface area contributed by atoms with Crippen LogP contribution in [0.2, 0.25) is 0 Å². The average Bonchev–Trinajstić information content (AvgIpc) is 2.67. The predicted octanol–water partition coefficient (Wildman–Crippen LogP) is 3.09. The van der Waals surface area contributed by atoms with Gasteiger partial charge in [-0.1, -0.05) is 6.92 Å². The molecule has 4 heteroatoms. The van der Waals surface area contributed by atoms with Crippen LogP contribution in [0.4, 0.5) is 5.69 Å². The molecule has 0 aliphatic heterocycles. The number of rotatable bonds is 5. The van der Waals surface area contributed by atoms with Gasteiger partial charge in [0.15, 0.2) is 0 Å². The largest absolute Gasteiger partial charge is 0.494 e. The van der Waals surface area contributed by atoms with Crippen LogP contribution in [0.5, 0.6) is 5.75 Å². The molecule has 1 aromatic carbocycles. The summed E-state index contributed by atoms with van der Waals surface area (Å²) in [5, 5.41) is 4.63. The number of benzene rings is 1. The smallest absolute Gasteiger partial charge is 0.124 e. The molecule has 0 spiro atoms. The first-order valence-corrected chi connectivity index (χ1v) is 7.10. The molecular formula is C16H23N3O. The molecule has 0 amide bonds. The van der Waals surface area contributed by atoms with E-state index >= 15 is 0 Å². The molecule has 0 saturated carbocycles. The standard InChI is InChI=1S/C16H23N3O/c1-5-15-11(3)18-19(12(15)4)10-13-9-14(17)7-8-16(13)20-6-2/h7-9H,5-6,10,17H2,1-4H3. The third-order valence-corrected chi connectivity index (χ3v) is 3.59. The predicted molar refractivity (Wildman–Crippen MR) is 82.2 cm³/mol. The molecule has 1 aromatic heterocycles. The Hall–Kier alpha value is -1.97. The average molecular weight is 273 g/mol. The number of hydrogen-bond acceptors (Lipinski definition) is 3. The number of anilines is 1. The van der Waals surface area contributed by atoms with Crippen molar-refractivity contribution < 1.29 is 4.74 Å². The molecule has 0 aliphatic rings. The normalized spacial score (nSPS) is 10.8. The number of nitrogen functional groups attached to an aromatic ring is 1. The van der Waals surface area contributed by atoms with Gasteiger partial charge in [-0.2, -0.15) is 5.10 Å². The molecule has 1 heterocycles. The van der Waals surface area contributed by atoms with Crippen molar-refractivity contribution in [3.8, 4) is 5.75 Å². The summed E-state index contributed by atoms with van der Waals surface area (Å²) >= 11 is 0. The summed E-state index contributed by atoms with van der Waals surface area (Å²) in [5.41, 5.74) is 11.4. The van der Waals surface area contributed by atoms with Crippen LogP contribution >= 0.6 is 0 Å². The van der Waals surface area contributed by atoms with Crippen LogP contribution < -0.4 is 10.5 Å². The minimum atomic E-state index is 0.647. The van der Waals surface area contributed by atoms with Gasteiger partial charge in [0.05, 0.1) is 18.8 Å². The summed E-state index contributed by atoms with van der Waals surface area (Å²) in [7, 11) is 0. The zero-order valence-corrected chi connectivity index (χ0v) is 12.7.